The molecule has 0 saturated carbocycles. The van der Waals surface area contributed by atoms with Crippen molar-refractivity contribution in [2.75, 3.05) is 19.6 Å². The van der Waals surface area contributed by atoms with Crippen molar-refractivity contribution < 1.29 is 8.42 Å². The molecular weight excluding hydrogens is 340 g/mol. The van der Waals surface area contributed by atoms with Gasteiger partial charge >= 0.3 is 0 Å². The first-order valence-corrected chi connectivity index (χ1v) is 9.13. The SMILES string of the molecule is Cc1ccc(S(=O)(=O)N2CC3CNCC3C2C)c(Br)c1. The van der Waals surface area contributed by atoms with Crippen molar-refractivity contribution in [3.63, 3.8) is 0 Å². The van der Waals surface area contributed by atoms with Crippen molar-refractivity contribution in [1.29, 1.82) is 0 Å². The second-order valence-corrected chi connectivity index (χ2v) is 8.54. The number of halogens is 1. The predicted molar refractivity (Wildman–Crippen MR) is 82.1 cm³/mol. The van der Waals surface area contributed by atoms with Gasteiger partial charge in [-0.05, 0) is 72.4 Å². The third-order valence-corrected chi connectivity index (χ3v) is 7.48. The second-order valence-electron chi connectivity index (χ2n) is 5.83. The molecule has 0 aliphatic carbocycles. The van der Waals surface area contributed by atoms with Crippen LogP contribution in [-0.4, -0.2) is 38.4 Å². The molecule has 2 saturated heterocycles. The highest BCUT2D eigenvalue weighted by molar-refractivity contribution is 9.10. The first-order valence-electron chi connectivity index (χ1n) is 6.90. The number of hydrogen-bond acceptors (Lipinski definition) is 3. The van der Waals surface area contributed by atoms with Gasteiger partial charge in [-0.25, -0.2) is 8.42 Å². The number of fused-ring (bicyclic) bond motifs is 1. The van der Waals surface area contributed by atoms with E-state index in [0.29, 0.717) is 27.7 Å². The Morgan fingerprint density at radius 1 is 1.35 bits per heavy atom. The van der Waals surface area contributed by atoms with E-state index in [4.69, 9.17) is 0 Å². The van der Waals surface area contributed by atoms with Crippen LogP contribution in [0.15, 0.2) is 27.6 Å². The van der Waals surface area contributed by atoms with Gasteiger partial charge in [-0.15, -0.1) is 0 Å². The summed E-state index contributed by atoms with van der Waals surface area (Å²) in [6.07, 6.45) is 0. The largest absolute Gasteiger partial charge is 0.316 e. The maximum absolute atomic E-state index is 12.9. The van der Waals surface area contributed by atoms with E-state index >= 15 is 0 Å². The molecule has 110 valence electrons. The Kier molecular flexibility index (Phi) is 3.69. The Bertz CT molecular complexity index is 632. The maximum Gasteiger partial charge on any atom is 0.244 e. The van der Waals surface area contributed by atoms with Gasteiger partial charge in [0.25, 0.3) is 0 Å². The minimum atomic E-state index is -3.42. The summed E-state index contributed by atoms with van der Waals surface area (Å²) >= 11 is 3.39. The Hall–Kier alpha value is -0.430. The van der Waals surface area contributed by atoms with Crippen molar-refractivity contribution in [3.05, 3.63) is 28.2 Å². The lowest BCUT2D eigenvalue weighted by molar-refractivity contribution is 0.360. The molecule has 3 unspecified atom stereocenters. The summed E-state index contributed by atoms with van der Waals surface area (Å²) in [6, 6.07) is 5.47. The average molecular weight is 359 g/mol. The van der Waals surface area contributed by atoms with E-state index in [1.807, 2.05) is 26.0 Å². The van der Waals surface area contributed by atoms with Crippen molar-refractivity contribution in [3.8, 4) is 0 Å². The lowest BCUT2D eigenvalue weighted by Crippen LogP contribution is -2.38. The van der Waals surface area contributed by atoms with Gasteiger partial charge in [-0.2, -0.15) is 4.31 Å². The summed E-state index contributed by atoms with van der Waals surface area (Å²) in [5.41, 5.74) is 1.05. The van der Waals surface area contributed by atoms with E-state index in [1.165, 1.54) is 0 Å². The van der Waals surface area contributed by atoms with Crippen LogP contribution in [0, 0.1) is 18.8 Å². The van der Waals surface area contributed by atoms with Crippen LogP contribution in [0.1, 0.15) is 12.5 Å². The molecule has 2 aliphatic rings. The molecule has 2 fully saturated rings. The molecule has 1 N–H and O–H groups in total. The van der Waals surface area contributed by atoms with Crippen molar-refractivity contribution in [2.45, 2.75) is 24.8 Å². The zero-order chi connectivity index (χ0) is 14.5. The topological polar surface area (TPSA) is 49.4 Å². The number of nitrogens with zero attached hydrogens (tertiary/aromatic N) is 1. The zero-order valence-electron chi connectivity index (χ0n) is 11.6. The maximum atomic E-state index is 12.9. The molecule has 3 atom stereocenters. The summed E-state index contributed by atoms with van der Waals surface area (Å²) in [5.74, 6) is 0.887. The third-order valence-electron chi connectivity index (χ3n) is 4.55. The molecule has 0 amide bonds. The normalized spacial score (nSPS) is 30.6. The Balaban J connectivity index is 1.96. The number of hydrogen-bond donors (Lipinski definition) is 1. The number of aryl methyl sites for hydroxylation is 1. The molecule has 6 heteroatoms. The van der Waals surface area contributed by atoms with Gasteiger partial charge in [0.05, 0.1) is 4.90 Å². The number of sulfonamides is 1. The molecule has 4 nitrogen and oxygen atoms in total. The lowest BCUT2D eigenvalue weighted by Gasteiger charge is -2.24. The number of rotatable bonds is 2. The molecule has 1 aromatic carbocycles. The molecular formula is C14H19BrN2O2S. The minimum absolute atomic E-state index is 0.0632. The first kappa shape index (κ1) is 14.5. The van der Waals surface area contributed by atoms with E-state index < -0.39 is 10.0 Å². The Labute approximate surface area is 128 Å². The molecule has 0 radical (unpaired) electrons. The summed E-state index contributed by atoms with van der Waals surface area (Å²) < 4.78 is 28.1. The van der Waals surface area contributed by atoms with Gasteiger partial charge in [0, 0.05) is 17.1 Å². The van der Waals surface area contributed by atoms with Gasteiger partial charge in [0.2, 0.25) is 10.0 Å². The summed E-state index contributed by atoms with van der Waals surface area (Å²) in [4.78, 5) is 0.378. The van der Waals surface area contributed by atoms with Gasteiger partial charge in [-0.1, -0.05) is 6.07 Å². The van der Waals surface area contributed by atoms with E-state index in [2.05, 4.69) is 21.2 Å². The second kappa shape index (κ2) is 5.09. The van der Waals surface area contributed by atoms with Crippen LogP contribution in [0.3, 0.4) is 0 Å². The highest BCUT2D eigenvalue weighted by Gasteiger charge is 2.47. The molecule has 20 heavy (non-hydrogen) atoms. The average Bonchev–Trinajstić information content (AvgIpc) is 2.92. The fourth-order valence-electron chi connectivity index (χ4n) is 3.39. The lowest BCUT2D eigenvalue weighted by atomic mass is 9.95. The zero-order valence-corrected chi connectivity index (χ0v) is 14.0. The molecule has 0 aromatic heterocycles. The fraction of sp³-hybridized carbons (Fsp3) is 0.571. The standard InChI is InChI=1S/C14H19BrN2O2S/c1-9-3-4-14(13(15)5-9)20(18,19)17-8-11-6-16-7-12(11)10(17)2/h3-5,10-12,16H,6-8H2,1-2H3. The first-order chi connectivity index (χ1) is 9.41. The molecule has 2 aliphatic heterocycles. The quantitative estimate of drug-likeness (QED) is 0.879. The summed E-state index contributed by atoms with van der Waals surface area (Å²) in [6.45, 7) is 6.46. The highest BCUT2D eigenvalue weighted by atomic mass is 79.9. The van der Waals surface area contributed by atoms with Crippen LogP contribution < -0.4 is 5.32 Å². The third kappa shape index (κ3) is 2.22. The summed E-state index contributed by atoms with van der Waals surface area (Å²) in [7, 11) is -3.42. The van der Waals surface area contributed by atoms with Crippen LogP contribution >= 0.6 is 15.9 Å². The molecule has 0 bridgehead atoms. The fourth-order valence-corrected chi connectivity index (χ4v) is 6.27. The van der Waals surface area contributed by atoms with Crippen LogP contribution in [-0.2, 0) is 10.0 Å². The Morgan fingerprint density at radius 3 is 2.75 bits per heavy atom. The van der Waals surface area contributed by atoms with Gasteiger partial charge < -0.3 is 5.32 Å². The van der Waals surface area contributed by atoms with Crippen molar-refractivity contribution in [1.82, 2.24) is 9.62 Å². The van der Waals surface area contributed by atoms with E-state index in [9.17, 15) is 8.42 Å². The van der Waals surface area contributed by atoms with Crippen LogP contribution in [0.5, 0.6) is 0 Å². The molecule has 0 spiro atoms. The van der Waals surface area contributed by atoms with E-state index in [-0.39, 0.29) is 6.04 Å². The van der Waals surface area contributed by atoms with Crippen molar-refractivity contribution >= 4 is 26.0 Å². The minimum Gasteiger partial charge on any atom is -0.316 e. The molecule has 3 rings (SSSR count). The van der Waals surface area contributed by atoms with Gasteiger partial charge in [-0.3, -0.25) is 0 Å². The van der Waals surface area contributed by atoms with Crippen LogP contribution in [0.4, 0.5) is 0 Å². The molecule has 2 heterocycles. The molecule has 1 aromatic rings. The van der Waals surface area contributed by atoms with Crippen LogP contribution in [0.25, 0.3) is 0 Å². The Morgan fingerprint density at radius 2 is 2.10 bits per heavy atom. The highest BCUT2D eigenvalue weighted by Crippen LogP contribution is 2.37. The predicted octanol–water partition coefficient (Wildman–Crippen LogP) is 1.99. The van der Waals surface area contributed by atoms with E-state index in [1.54, 1.807) is 10.4 Å². The summed E-state index contributed by atoms with van der Waals surface area (Å²) in [5, 5.41) is 3.35. The van der Waals surface area contributed by atoms with Crippen LogP contribution in [0.2, 0.25) is 0 Å². The van der Waals surface area contributed by atoms with E-state index in [0.717, 1.165) is 18.7 Å². The smallest absolute Gasteiger partial charge is 0.244 e. The van der Waals surface area contributed by atoms with Crippen molar-refractivity contribution in [2.24, 2.45) is 11.8 Å². The van der Waals surface area contributed by atoms with Gasteiger partial charge in [0.15, 0.2) is 0 Å². The van der Waals surface area contributed by atoms with Gasteiger partial charge in [0.1, 0.15) is 0 Å². The number of benzene rings is 1. The number of nitrogens with one attached hydrogen (secondary N) is 1. The monoisotopic (exact) mass is 358 g/mol.